The fourth-order valence-electron chi connectivity index (χ4n) is 4.34. The summed E-state index contributed by atoms with van der Waals surface area (Å²) in [6, 6.07) is 8.09. The van der Waals surface area contributed by atoms with Crippen LogP contribution in [0.3, 0.4) is 0 Å². The highest BCUT2D eigenvalue weighted by Crippen LogP contribution is 2.34. The maximum Gasteiger partial charge on any atom is 0.228 e. The minimum Gasteiger partial charge on any atom is -0.352 e. The largest absolute Gasteiger partial charge is 0.352 e. The number of aromatic nitrogens is 2. The van der Waals surface area contributed by atoms with Gasteiger partial charge in [0.05, 0.1) is 12.1 Å². The number of carbonyl (C=O) groups is 2. The standard InChI is InChI=1S/C23H29N5O2/c1-3-17(2)19-6-4-5-7-20(19)28-16-18(14-22(28)29)23(30)27-12-10-26(11-13-27)21-15-24-8-9-25-21/h4-9,15,17-18H,3,10-14,16H2,1-2H3/t17-,18+/m0/s1. The molecular weight excluding hydrogens is 378 g/mol. The molecule has 0 unspecified atom stereocenters. The van der Waals surface area contributed by atoms with E-state index in [1.165, 1.54) is 5.56 Å². The van der Waals surface area contributed by atoms with Gasteiger partial charge in [-0.05, 0) is 24.0 Å². The lowest BCUT2D eigenvalue weighted by atomic mass is 9.96. The number of para-hydroxylation sites is 1. The minimum atomic E-state index is -0.273. The first-order chi connectivity index (χ1) is 14.6. The number of benzene rings is 1. The molecule has 3 heterocycles. The van der Waals surface area contributed by atoms with Crippen LogP contribution in [0.5, 0.6) is 0 Å². The minimum absolute atomic E-state index is 0.0438. The summed E-state index contributed by atoms with van der Waals surface area (Å²) in [6.45, 7) is 7.54. The molecule has 0 aliphatic carbocycles. The molecule has 7 heteroatoms. The summed E-state index contributed by atoms with van der Waals surface area (Å²) in [4.78, 5) is 40.3. The number of anilines is 2. The third kappa shape index (κ3) is 4.01. The van der Waals surface area contributed by atoms with Gasteiger partial charge in [0, 0.05) is 57.2 Å². The van der Waals surface area contributed by atoms with E-state index in [1.54, 1.807) is 18.6 Å². The Kier molecular flexibility index (Phi) is 5.97. The molecule has 30 heavy (non-hydrogen) atoms. The number of carbonyl (C=O) groups excluding carboxylic acids is 2. The van der Waals surface area contributed by atoms with Gasteiger partial charge in [-0.1, -0.05) is 32.0 Å². The molecule has 2 aliphatic heterocycles. The Hall–Kier alpha value is -2.96. The molecule has 0 radical (unpaired) electrons. The molecule has 0 spiro atoms. The lowest BCUT2D eigenvalue weighted by Gasteiger charge is -2.36. The molecule has 2 fully saturated rings. The van der Waals surface area contributed by atoms with E-state index < -0.39 is 0 Å². The van der Waals surface area contributed by atoms with Gasteiger partial charge in [-0.3, -0.25) is 14.6 Å². The molecular formula is C23H29N5O2. The van der Waals surface area contributed by atoms with Crippen LogP contribution in [0.25, 0.3) is 0 Å². The summed E-state index contributed by atoms with van der Waals surface area (Å²) in [5.74, 6) is 1.07. The Morgan fingerprint density at radius 1 is 1.17 bits per heavy atom. The smallest absolute Gasteiger partial charge is 0.228 e. The molecule has 0 N–H and O–H groups in total. The van der Waals surface area contributed by atoms with Gasteiger partial charge >= 0.3 is 0 Å². The van der Waals surface area contributed by atoms with Gasteiger partial charge in [0.15, 0.2) is 0 Å². The molecule has 0 bridgehead atoms. The van der Waals surface area contributed by atoms with Gasteiger partial charge in [-0.15, -0.1) is 0 Å². The van der Waals surface area contributed by atoms with Crippen LogP contribution in [0.1, 0.15) is 38.2 Å². The molecule has 2 aliphatic rings. The molecule has 1 aromatic carbocycles. The number of nitrogens with zero attached hydrogens (tertiary/aromatic N) is 5. The summed E-state index contributed by atoms with van der Waals surface area (Å²) in [5.41, 5.74) is 2.14. The molecule has 2 amide bonds. The average Bonchev–Trinajstić information content (AvgIpc) is 3.20. The summed E-state index contributed by atoms with van der Waals surface area (Å²) >= 11 is 0. The van der Waals surface area contributed by atoms with Crippen molar-refractivity contribution in [3.05, 3.63) is 48.4 Å². The molecule has 158 valence electrons. The monoisotopic (exact) mass is 407 g/mol. The van der Waals surface area contributed by atoms with Gasteiger partial charge in [0.2, 0.25) is 11.8 Å². The zero-order valence-electron chi connectivity index (χ0n) is 17.7. The van der Waals surface area contributed by atoms with E-state index in [-0.39, 0.29) is 24.2 Å². The van der Waals surface area contributed by atoms with E-state index in [1.807, 2.05) is 28.0 Å². The van der Waals surface area contributed by atoms with Crippen molar-refractivity contribution in [2.75, 3.05) is 42.5 Å². The zero-order valence-corrected chi connectivity index (χ0v) is 17.7. The number of hydrogen-bond donors (Lipinski definition) is 0. The molecule has 1 aromatic heterocycles. The van der Waals surface area contributed by atoms with Gasteiger partial charge in [-0.25, -0.2) is 4.98 Å². The Labute approximate surface area is 177 Å². The maximum atomic E-state index is 13.1. The van der Waals surface area contributed by atoms with Crippen LogP contribution in [-0.4, -0.2) is 59.4 Å². The van der Waals surface area contributed by atoms with Crippen LogP contribution in [0.4, 0.5) is 11.5 Å². The van der Waals surface area contributed by atoms with Crippen molar-refractivity contribution >= 4 is 23.3 Å². The van der Waals surface area contributed by atoms with Crippen LogP contribution >= 0.6 is 0 Å². The van der Waals surface area contributed by atoms with E-state index in [4.69, 9.17) is 0 Å². The number of amides is 2. The van der Waals surface area contributed by atoms with Crippen molar-refractivity contribution in [2.45, 2.75) is 32.6 Å². The maximum absolute atomic E-state index is 13.1. The third-order valence-corrected chi connectivity index (χ3v) is 6.31. The fraction of sp³-hybridized carbons (Fsp3) is 0.478. The fourth-order valence-corrected chi connectivity index (χ4v) is 4.34. The van der Waals surface area contributed by atoms with Crippen molar-refractivity contribution in [2.24, 2.45) is 5.92 Å². The predicted octanol–water partition coefficient (Wildman–Crippen LogP) is 2.69. The van der Waals surface area contributed by atoms with Gasteiger partial charge in [0.25, 0.3) is 0 Å². The van der Waals surface area contributed by atoms with Gasteiger partial charge in [0.1, 0.15) is 5.82 Å². The Bertz CT molecular complexity index is 895. The highest BCUT2D eigenvalue weighted by Gasteiger charge is 2.38. The van der Waals surface area contributed by atoms with E-state index in [0.29, 0.717) is 25.6 Å². The van der Waals surface area contributed by atoms with E-state index in [2.05, 4.69) is 34.8 Å². The highest BCUT2D eigenvalue weighted by molar-refractivity contribution is 6.01. The Balaban J connectivity index is 1.41. The second kappa shape index (κ2) is 8.81. The second-order valence-electron chi connectivity index (χ2n) is 8.15. The lowest BCUT2D eigenvalue weighted by molar-refractivity contribution is -0.136. The Morgan fingerprint density at radius 3 is 2.63 bits per heavy atom. The van der Waals surface area contributed by atoms with Crippen molar-refractivity contribution in [1.29, 1.82) is 0 Å². The normalized spacial score (nSPS) is 20.5. The molecule has 7 nitrogen and oxygen atoms in total. The van der Waals surface area contributed by atoms with Crippen molar-refractivity contribution < 1.29 is 9.59 Å². The first kappa shape index (κ1) is 20.3. The summed E-state index contributed by atoms with van der Waals surface area (Å²) in [7, 11) is 0. The van der Waals surface area contributed by atoms with Crippen LogP contribution in [0, 0.1) is 5.92 Å². The lowest BCUT2D eigenvalue weighted by Crippen LogP contribution is -2.51. The van der Waals surface area contributed by atoms with E-state index >= 15 is 0 Å². The van der Waals surface area contributed by atoms with Gasteiger partial charge < -0.3 is 14.7 Å². The van der Waals surface area contributed by atoms with Crippen molar-refractivity contribution in [1.82, 2.24) is 14.9 Å². The van der Waals surface area contributed by atoms with Crippen LogP contribution in [0.15, 0.2) is 42.9 Å². The predicted molar refractivity (Wildman–Crippen MR) is 116 cm³/mol. The summed E-state index contributed by atoms with van der Waals surface area (Å²) < 4.78 is 0. The molecule has 2 aromatic rings. The second-order valence-corrected chi connectivity index (χ2v) is 8.15. The Morgan fingerprint density at radius 2 is 1.93 bits per heavy atom. The topological polar surface area (TPSA) is 69.6 Å². The number of piperazine rings is 1. The molecule has 2 atom stereocenters. The molecule has 0 saturated carbocycles. The van der Waals surface area contributed by atoms with Crippen LogP contribution in [-0.2, 0) is 9.59 Å². The van der Waals surface area contributed by atoms with Crippen LogP contribution < -0.4 is 9.80 Å². The SMILES string of the molecule is CC[C@H](C)c1ccccc1N1C[C@H](C(=O)N2CCN(c3cnccn3)CC2)CC1=O. The highest BCUT2D eigenvalue weighted by atomic mass is 16.2. The summed E-state index contributed by atoms with van der Waals surface area (Å²) in [5, 5.41) is 0. The number of hydrogen-bond acceptors (Lipinski definition) is 5. The third-order valence-electron chi connectivity index (χ3n) is 6.31. The first-order valence-corrected chi connectivity index (χ1v) is 10.8. The zero-order chi connectivity index (χ0) is 21.1. The van der Waals surface area contributed by atoms with E-state index in [0.717, 1.165) is 31.0 Å². The summed E-state index contributed by atoms with van der Waals surface area (Å²) in [6.07, 6.45) is 6.39. The van der Waals surface area contributed by atoms with Crippen molar-refractivity contribution in [3.63, 3.8) is 0 Å². The van der Waals surface area contributed by atoms with Crippen LogP contribution in [0.2, 0.25) is 0 Å². The number of rotatable bonds is 5. The average molecular weight is 408 g/mol. The first-order valence-electron chi connectivity index (χ1n) is 10.8. The molecule has 2 saturated heterocycles. The molecule has 4 rings (SSSR count). The quantitative estimate of drug-likeness (QED) is 0.762. The van der Waals surface area contributed by atoms with E-state index in [9.17, 15) is 9.59 Å². The van der Waals surface area contributed by atoms with Crippen molar-refractivity contribution in [3.8, 4) is 0 Å². The van der Waals surface area contributed by atoms with Gasteiger partial charge in [-0.2, -0.15) is 0 Å².